The van der Waals surface area contributed by atoms with Crippen LogP contribution in [0.2, 0.25) is 0 Å². The van der Waals surface area contributed by atoms with E-state index in [1.807, 2.05) is 74.5 Å². The molecule has 0 aliphatic rings. The second kappa shape index (κ2) is 10.4. The summed E-state index contributed by atoms with van der Waals surface area (Å²) in [6, 6.07) is 24.4. The van der Waals surface area contributed by atoms with Gasteiger partial charge in [0.05, 0.1) is 17.6 Å². The van der Waals surface area contributed by atoms with Crippen molar-refractivity contribution in [1.29, 1.82) is 0 Å². The van der Waals surface area contributed by atoms with Crippen LogP contribution >= 0.6 is 0 Å². The van der Waals surface area contributed by atoms with E-state index in [1.54, 1.807) is 12.1 Å². The molecule has 7 heteroatoms. The van der Waals surface area contributed by atoms with Gasteiger partial charge in [-0.05, 0) is 54.6 Å². The number of aryl methyl sites for hydroxylation is 2. The number of hydrogen-bond donors (Lipinski definition) is 2. The van der Waals surface area contributed by atoms with Gasteiger partial charge in [-0.3, -0.25) is 4.79 Å². The summed E-state index contributed by atoms with van der Waals surface area (Å²) in [5.74, 6) is 0.280. The summed E-state index contributed by atoms with van der Waals surface area (Å²) in [5, 5.41) is 24.8. The number of azo groups is 1. The number of phenols is 1. The lowest BCUT2D eigenvalue weighted by Crippen LogP contribution is -2.25. The summed E-state index contributed by atoms with van der Waals surface area (Å²) < 4.78 is 5.62. The maximum Gasteiger partial charge on any atom is 0.277 e. The number of para-hydroxylation sites is 1. The van der Waals surface area contributed by atoms with E-state index in [0.29, 0.717) is 17.0 Å². The van der Waals surface area contributed by atoms with Crippen molar-refractivity contribution in [1.82, 2.24) is 5.43 Å². The van der Waals surface area contributed by atoms with Gasteiger partial charge in [0.2, 0.25) is 0 Å². The van der Waals surface area contributed by atoms with Gasteiger partial charge in [-0.25, -0.2) is 5.43 Å². The van der Waals surface area contributed by atoms with Crippen molar-refractivity contribution in [2.75, 3.05) is 6.61 Å². The minimum atomic E-state index is -0.412. The van der Waals surface area contributed by atoms with Gasteiger partial charge in [0.15, 0.2) is 6.61 Å². The molecule has 0 fully saturated rings. The second-order valence-electron chi connectivity index (χ2n) is 7.74. The molecular weight excluding hydrogens is 428 g/mol. The topological polar surface area (TPSA) is 95.6 Å². The number of rotatable bonds is 7. The number of phenolic OH excluding ortho intramolecular Hbond substituents is 1. The number of carbonyl (C=O) groups is 1. The Balaban J connectivity index is 1.41. The molecule has 4 aromatic carbocycles. The second-order valence-corrected chi connectivity index (χ2v) is 7.74. The fourth-order valence-corrected chi connectivity index (χ4v) is 3.49. The molecule has 0 heterocycles. The van der Waals surface area contributed by atoms with Crippen LogP contribution in [0.1, 0.15) is 16.7 Å². The summed E-state index contributed by atoms with van der Waals surface area (Å²) in [5.41, 5.74) is 5.99. The van der Waals surface area contributed by atoms with Crippen LogP contribution in [-0.2, 0) is 4.79 Å². The van der Waals surface area contributed by atoms with E-state index in [2.05, 4.69) is 20.8 Å². The maximum atomic E-state index is 12.1. The molecule has 0 aromatic heterocycles. The molecule has 4 aromatic rings. The highest BCUT2D eigenvalue weighted by Crippen LogP contribution is 2.29. The smallest absolute Gasteiger partial charge is 0.277 e. The number of hydrazone groups is 1. The van der Waals surface area contributed by atoms with Gasteiger partial charge in [-0.15, -0.1) is 5.11 Å². The number of hydrogen-bond acceptors (Lipinski definition) is 6. The first kappa shape index (κ1) is 22.7. The molecule has 0 aliphatic carbocycles. The van der Waals surface area contributed by atoms with E-state index in [0.717, 1.165) is 27.6 Å². The number of nitrogens with one attached hydrogen (secondary N) is 1. The molecule has 7 nitrogen and oxygen atoms in total. The van der Waals surface area contributed by atoms with Crippen molar-refractivity contribution in [2.45, 2.75) is 13.8 Å². The Bertz CT molecular complexity index is 1370. The Hall–Kier alpha value is -4.52. The number of amides is 1. The molecule has 0 saturated heterocycles. The molecule has 0 spiro atoms. The van der Waals surface area contributed by atoms with Gasteiger partial charge in [0.1, 0.15) is 11.5 Å². The van der Waals surface area contributed by atoms with E-state index < -0.39 is 5.91 Å². The van der Waals surface area contributed by atoms with Crippen molar-refractivity contribution in [3.05, 3.63) is 95.6 Å². The minimum absolute atomic E-state index is 0.00824. The van der Waals surface area contributed by atoms with E-state index >= 15 is 0 Å². The highest BCUT2D eigenvalue weighted by Gasteiger charge is 2.07. The Kier molecular flexibility index (Phi) is 6.93. The Labute approximate surface area is 197 Å². The van der Waals surface area contributed by atoms with Gasteiger partial charge < -0.3 is 9.84 Å². The largest absolute Gasteiger partial charge is 0.507 e. The molecule has 2 N–H and O–H groups in total. The van der Waals surface area contributed by atoms with E-state index in [4.69, 9.17) is 4.74 Å². The van der Waals surface area contributed by atoms with Crippen molar-refractivity contribution >= 4 is 34.3 Å². The molecule has 34 heavy (non-hydrogen) atoms. The Morgan fingerprint density at radius 2 is 1.68 bits per heavy atom. The van der Waals surface area contributed by atoms with Crippen LogP contribution in [0.15, 0.2) is 94.2 Å². The monoisotopic (exact) mass is 452 g/mol. The fourth-order valence-electron chi connectivity index (χ4n) is 3.49. The summed E-state index contributed by atoms with van der Waals surface area (Å²) in [7, 11) is 0. The van der Waals surface area contributed by atoms with Crippen LogP contribution in [0.5, 0.6) is 11.5 Å². The molecule has 0 unspecified atom stereocenters. The third kappa shape index (κ3) is 5.45. The van der Waals surface area contributed by atoms with E-state index in [-0.39, 0.29) is 12.4 Å². The number of aromatic hydroxyl groups is 1. The standard InChI is InChI=1S/C27H24N4O3/c1-18-7-5-8-19(2)27(18)34-17-26(33)31-28-16-21-15-22(13-14-25(21)32)29-30-24-12-6-10-20-9-3-4-11-23(20)24/h3-16,32H,17H2,1-2H3,(H,31,33)/b28-16+,30-29?. The molecule has 0 radical (unpaired) electrons. The third-order valence-corrected chi connectivity index (χ3v) is 5.20. The van der Waals surface area contributed by atoms with Crippen LogP contribution < -0.4 is 10.2 Å². The van der Waals surface area contributed by atoms with Crippen molar-refractivity contribution in [3.8, 4) is 11.5 Å². The van der Waals surface area contributed by atoms with Crippen molar-refractivity contribution in [3.63, 3.8) is 0 Å². The average molecular weight is 453 g/mol. The van der Waals surface area contributed by atoms with Crippen LogP contribution in [0.25, 0.3) is 10.8 Å². The van der Waals surface area contributed by atoms with Gasteiger partial charge in [0.25, 0.3) is 5.91 Å². The van der Waals surface area contributed by atoms with Gasteiger partial charge in [-0.1, -0.05) is 54.6 Å². The summed E-state index contributed by atoms with van der Waals surface area (Å²) in [4.78, 5) is 12.1. The lowest BCUT2D eigenvalue weighted by Gasteiger charge is -2.10. The van der Waals surface area contributed by atoms with Crippen LogP contribution in [0, 0.1) is 13.8 Å². The normalized spacial score (nSPS) is 11.4. The molecule has 4 rings (SSSR count). The van der Waals surface area contributed by atoms with Crippen molar-refractivity contribution < 1.29 is 14.6 Å². The van der Waals surface area contributed by atoms with Crippen LogP contribution in [0.4, 0.5) is 11.4 Å². The first-order valence-corrected chi connectivity index (χ1v) is 10.7. The average Bonchev–Trinajstić information content (AvgIpc) is 2.84. The zero-order valence-electron chi connectivity index (χ0n) is 18.9. The fraction of sp³-hybridized carbons (Fsp3) is 0.111. The predicted molar refractivity (Wildman–Crippen MR) is 133 cm³/mol. The predicted octanol–water partition coefficient (Wildman–Crippen LogP) is 6.11. The molecule has 170 valence electrons. The first-order chi connectivity index (χ1) is 16.5. The number of nitrogens with zero attached hydrogens (tertiary/aromatic N) is 3. The van der Waals surface area contributed by atoms with Gasteiger partial charge in [0, 0.05) is 10.9 Å². The Morgan fingerprint density at radius 3 is 2.50 bits per heavy atom. The summed E-state index contributed by atoms with van der Waals surface area (Å²) >= 11 is 0. The highest BCUT2D eigenvalue weighted by molar-refractivity contribution is 5.92. The third-order valence-electron chi connectivity index (χ3n) is 5.20. The summed E-state index contributed by atoms with van der Waals surface area (Å²) in [6.07, 6.45) is 1.35. The number of carbonyl (C=O) groups excluding carboxylic acids is 1. The Morgan fingerprint density at radius 1 is 0.941 bits per heavy atom. The molecule has 0 bridgehead atoms. The molecule has 0 aliphatic heterocycles. The lowest BCUT2D eigenvalue weighted by atomic mass is 10.1. The van der Waals surface area contributed by atoms with Gasteiger partial charge >= 0.3 is 0 Å². The SMILES string of the molecule is Cc1cccc(C)c1OCC(=O)N/N=C/c1cc(N=Nc2cccc3ccccc23)ccc1O. The zero-order valence-corrected chi connectivity index (χ0v) is 18.9. The quantitative estimate of drug-likeness (QED) is 0.201. The first-order valence-electron chi connectivity index (χ1n) is 10.7. The lowest BCUT2D eigenvalue weighted by molar-refractivity contribution is -0.123. The number of ether oxygens (including phenoxy) is 1. The zero-order chi connectivity index (χ0) is 23.9. The number of benzene rings is 4. The molecule has 1 amide bonds. The van der Waals surface area contributed by atoms with E-state index in [9.17, 15) is 9.90 Å². The van der Waals surface area contributed by atoms with E-state index in [1.165, 1.54) is 12.3 Å². The molecule has 0 saturated carbocycles. The van der Waals surface area contributed by atoms with Gasteiger partial charge in [-0.2, -0.15) is 10.2 Å². The molecule has 0 atom stereocenters. The van der Waals surface area contributed by atoms with Crippen molar-refractivity contribution in [2.24, 2.45) is 15.3 Å². The summed E-state index contributed by atoms with van der Waals surface area (Å²) in [6.45, 7) is 3.67. The molecular formula is C27H24N4O3. The van der Waals surface area contributed by atoms with Crippen LogP contribution in [-0.4, -0.2) is 23.8 Å². The number of fused-ring (bicyclic) bond motifs is 1. The minimum Gasteiger partial charge on any atom is -0.507 e. The highest BCUT2D eigenvalue weighted by atomic mass is 16.5. The maximum absolute atomic E-state index is 12.1. The van der Waals surface area contributed by atoms with Crippen LogP contribution in [0.3, 0.4) is 0 Å².